The fourth-order valence-corrected chi connectivity index (χ4v) is 2.61. The molecule has 1 aromatic carbocycles. The summed E-state index contributed by atoms with van der Waals surface area (Å²) in [4.78, 5) is 24.8. The van der Waals surface area contributed by atoms with Crippen LogP contribution < -0.4 is 10.6 Å². The quantitative estimate of drug-likeness (QED) is 0.577. The Balaban J connectivity index is 2.77. The van der Waals surface area contributed by atoms with Crippen LogP contribution in [0.3, 0.4) is 0 Å². The van der Waals surface area contributed by atoms with Gasteiger partial charge in [0.1, 0.15) is 5.41 Å². The SMILES string of the molecule is CCCCCNC(=O)C(C)(C)C(=O)Nc1c(C)cc(C)cc1Cl. The number of benzene rings is 1. The van der Waals surface area contributed by atoms with E-state index in [4.69, 9.17) is 11.6 Å². The minimum absolute atomic E-state index is 0.271. The van der Waals surface area contributed by atoms with E-state index in [0.29, 0.717) is 17.3 Å². The van der Waals surface area contributed by atoms with E-state index in [1.54, 1.807) is 19.9 Å². The predicted octanol–water partition coefficient (Wildman–Crippen LogP) is 4.23. The first-order chi connectivity index (χ1) is 10.7. The zero-order valence-electron chi connectivity index (χ0n) is 14.7. The van der Waals surface area contributed by atoms with E-state index in [1.807, 2.05) is 19.9 Å². The van der Waals surface area contributed by atoms with Crippen LogP contribution in [0.15, 0.2) is 12.1 Å². The molecule has 5 heteroatoms. The zero-order valence-corrected chi connectivity index (χ0v) is 15.4. The van der Waals surface area contributed by atoms with Crippen molar-refractivity contribution in [2.45, 2.75) is 53.9 Å². The summed E-state index contributed by atoms with van der Waals surface area (Å²) < 4.78 is 0. The molecular formula is C18H27ClN2O2. The number of unbranched alkanes of at least 4 members (excludes halogenated alkanes) is 2. The Morgan fingerprint density at radius 3 is 2.35 bits per heavy atom. The Morgan fingerprint density at radius 1 is 1.13 bits per heavy atom. The number of rotatable bonds is 7. The molecule has 4 nitrogen and oxygen atoms in total. The molecule has 1 rings (SSSR count). The average Bonchev–Trinajstić information content (AvgIpc) is 2.46. The first-order valence-electron chi connectivity index (χ1n) is 8.06. The van der Waals surface area contributed by atoms with Gasteiger partial charge in [-0.25, -0.2) is 0 Å². The second-order valence-electron chi connectivity index (χ2n) is 6.48. The summed E-state index contributed by atoms with van der Waals surface area (Å²) in [6, 6.07) is 3.74. The summed E-state index contributed by atoms with van der Waals surface area (Å²) >= 11 is 6.21. The van der Waals surface area contributed by atoms with Crippen LogP contribution in [0.5, 0.6) is 0 Å². The van der Waals surface area contributed by atoms with Crippen molar-refractivity contribution < 1.29 is 9.59 Å². The molecular weight excluding hydrogens is 312 g/mol. The maximum Gasteiger partial charge on any atom is 0.239 e. The van der Waals surface area contributed by atoms with E-state index >= 15 is 0 Å². The van der Waals surface area contributed by atoms with Gasteiger partial charge in [-0.2, -0.15) is 0 Å². The molecule has 0 atom stereocenters. The second-order valence-corrected chi connectivity index (χ2v) is 6.89. The minimum atomic E-state index is -1.16. The predicted molar refractivity (Wildman–Crippen MR) is 95.9 cm³/mol. The summed E-state index contributed by atoms with van der Waals surface area (Å²) in [6.45, 7) is 9.76. The molecule has 0 fully saturated rings. The van der Waals surface area contributed by atoms with Gasteiger partial charge in [0.25, 0.3) is 0 Å². The molecule has 0 spiro atoms. The average molecular weight is 339 g/mol. The highest BCUT2D eigenvalue weighted by Gasteiger charge is 2.36. The van der Waals surface area contributed by atoms with Gasteiger partial charge in [0.05, 0.1) is 10.7 Å². The highest BCUT2D eigenvalue weighted by atomic mass is 35.5. The number of amides is 2. The van der Waals surface area contributed by atoms with Gasteiger partial charge in [-0.15, -0.1) is 0 Å². The number of hydrogen-bond acceptors (Lipinski definition) is 2. The molecule has 0 radical (unpaired) electrons. The van der Waals surface area contributed by atoms with Gasteiger partial charge in [-0.05, 0) is 51.3 Å². The Hall–Kier alpha value is -1.55. The lowest BCUT2D eigenvalue weighted by Crippen LogP contribution is -2.45. The molecule has 0 unspecified atom stereocenters. The molecule has 0 saturated carbocycles. The van der Waals surface area contributed by atoms with Gasteiger partial charge in [0, 0.05) is 6.54 Å². The molecule has 128 valence electrons. The van der Waals surface area contributed by atoms with Crippen molar-refractivity contribution in [1.29, 1.82) is 0 Å². The van der Waals surface area contributed by atoms with E-state index < -0.39 is 5.41 Å². The first kappa shape index (κ1) is 19.5. The Labute approximate surface area is 144 Å². The van der Waals surface area contributed by atoms with Crippen molar-refractivity contribution in [3.63, 3.8) is 0 Å². The topological polar surface area (TPSA) is 58.2 Å². The van der Waals surface area contributed by atoms with Gasteiger partial charge >= 0.3 is 0 Å². The molecule has 0 aliphatic rings. The van der Waals surface area contributed by atoms with Gasteiger partial charge in [0.15, 0.2) is 0 Å². The molecule has 0 bridgehead atoms. The van der Waals surface area contributed by atoms with Gasteiger partial charge < -0.3 is 10.6 Å². The molecule has 2 N–H and O–H groups in total. The maximum atomic E-state index is 12.5. The molecule has 0 aliphatic carbocycles. The highest BCUT2D eigenvalue weighted by molar-refractivity contribution is 6.34. The Kier molecular flexibility index (Phi) is 7.07. The van der Waals surface area contributed by atoms with Crippen molar-refractivity contribution in [1.82, 2.24) is 5.32 Å². The molecule has 0 aliphatic heterocycles. The van der Waals surface area contributed by atoms with E-state index in [1.165, 1.54) is 0 Å². The van der Waals surface area contributed by atoms with Crippen molar-refractivity contribution in [3.8, 4) is 0 Å². The van der Waals surface area contributed by atoms with Gasteiger partial charge in [-0.1, -0.05) is 37.4 Å². The fourth-order valence-electron chi connectivity index (χ4n) is 2.24. The summed E-state index contributed by atoms with van der Waals surface area (Å²) in [7, 11) is 0. The van der Waals surface area contributed by atoms with E-state index in [-0.39, 0.29) is 11.8 Å². The van der Waals surface area contributed by atoms with Crippen molar-refractivity contribution in [3.05, 3.63) is 28.3 Å². The normalized spacial score (nSPS) is 11.2. The highest BCUT2D eigenvalue weighted by Crippen LogP contribution is 2.29. The number of aryl methyl sites for hydroxylation is 2. The van der Waals surface area contributed by atoms with Crippen LogP contribution >= 0.6 is 11.6 Å². The van der Waals surface area contributed by atoms with E-state index in [2.05, 4.69) is 17.6 Å². The van der Waals surface area contributed by atoms with Gasteiger partial charge in [-0.3, -0.25) is 9.59 Å². The maximum absolute atomic E-state index is 12.5. The molecule has 2 amide bonds. The van der Waals surface area contributed by atoms with Crippen LogP contribution in [0.2, 0.25) is 5.02 Å². The fraction of sp³-hybridized carbons (Fsp3) is 0.556. The number of hydrogen-bond donors (Lipinski definition) is 2. The molecule has 0 saturated heterocycles. The van der Waals surface area contributed by atoms with Crippen LogP contribution in [0, 0.1) is 19.3 Å². The number of carbonyl (C=O) groups excluding carboxylic acids is 2. The Bertz CT molecular complexity index is 559. The zero-order chi connectivity index (χ0) is 17.6. The lowest BCUT2D eigenvalue weighted by atomic mass is 9.90. The molecule has 23 heavy (non-hydrogen) atoms. The van der Waals surface area contributed by atoms with Crippen molar-refractivity contribution in [2.24, 2.45) is 5.41 Å². The third kappa shape index (κ3) is 5.24. The van der Waals surface area contributed by atoms with Gasteiger partial charge in [0.2, 0.25) is 11.8 Å². The van der Waals surface area contributed by atoms with Crippen LogP contribution in [0.4, 0.5) is 5.69 Å². The van der Waals surface area contributed by atoms with Crippen LogP contribution in [-0.4, -0.2) is 18.4 Å². The molecule has 0 heterocycles. The standard InChI is InChI=1S/C18H27ClN2O2/c1-6-7-8-9-20-16(22)18(4,5)17(23)21-15-13(3)10-12(2)11-14(15)19/h10-11H,6-9H2,1-5H3,(H,20,22)(H,21,23). The third-order valence-electron chi connectivity index (χ3n) is 3.87. The van der Waals surface area contributed by atoms with Crippen LogP contribution in [0.1, 0.15) is 51.2 Å². The summed E-state index contributed by atoms with van der Waals surface area (Å²) in [6.07, 6.45) is 3.07. The number of anilines is 1. The largest absolute Gasteiger partial charge is 0.355 e. The smallest absolute Gasteiger partial charge is 0.239 e. The Morgan fingerprint density at radius 2 is 1.78 bits per heavy atom. The number of halogens is 1. The summed E-state index contributed by atoms with van der Waals surface area (Å²) in [5, 5.41) is 6.11. The lowest BCUT2D eigenvalue weighted by Gasteiger charge is -2.23. The molecule has 1 aromatic rings. The lowest BCUT2D eigenvalue weighted by molar-refractivity contribution is -0.138. The summed E-state index contributed by atoms with van der Waals surface area (Å²) in [5.41, 5.74) is 1.31. The second kappa shape index (κ2) is 8.34. The monoisotopic (exact) mass is 338 g/mol. The first-order valence-corrected chi connectivity index (χ1v) is 8.44. The molecule has 0 aromatic heterocycles. The third-order valence-corrected chi connectivity index (χ3v) is 4.17. The summed E-state index contributed by atoms with van der Waals surface area (Å²) in [5.74, 6) is -0.633. The van der Waals surface area contributed by atoms with Crippen LogP contribution in [0.25, 0.3) is 0 Å². The van der Waals surface area contributed by atoms with E-state index in [0.717, 1.165) is 30.4 Å². The van der Waals surface area contributed by atoms with Crippen molar-refractivity contribution >= 4 is 29.1 Å². The van der Waals surface area contributed by atoms with E-state index in [9.17, 15) is 9.59 Å². The van der Waals surface area contributed by atoms with Crippen molar-refractivity contribution in [2.75, 3.05) is 11.9 Å². The minimum Gasteiger partial charge on any atom is -0.355 e. The van der Waals surface area contributed by atoms with Crippen LogP contribution in [-0.2, 0) is 9.59 Å². The number of carbonyl (C=O) groups is 2. The number of nitrogens with one attached hydrogen (secondary N) is 2.